The second-order valence-electron chi connectivity index (χ2n) is 13.0. The molecule has 262 valence electrons. The van der Waals surface area contributed by atoms with Crippen molar-refractivity contribution < 1.29 is 29.6 Å². The molecule has 7 rings (SSSR count). The van der Waals surface area contributed by atoms with Crippen molar-refractivity contribution >= 4 is 61.8 Å². The number of hydrogen-bond donors (Lipinski definition) is 6. The van der Waals surface area contributed by atoms with Crippen LogP contribution < -0.4 is 15.5 Å². The van der Waals surface area contributed by atoms with Crippen molar-refractivity contribution in [3.8, 4) is 5.75 Å². The summed E-state index contributed by atoms with van der Waals surface area (Å²) in [5.74, 6) is -0.448. The van der Waals surface area contributed by atoms with E-state index in [1.165, 1.54) is 28.7 Å². The van der Waals surface area contributed by atoms with Crippen molar-refractivity contribution in [3.05, 3.63) is 102 Å². The minimum absolute atomic E-state index is 0.0340. The van der Waals surface area contributed by atoms with E-state index in [1.807, 2.05) is 54.2 Å². The zero-order chi connectivity index (χ0) is 35.0. The molecule has 0 aliphatic heterocycles. The van der Waals surface area contributed by atoms with E-state index in [4.69, 9.17) is 4.74 Å². The average Bonchev–Trinajstić information content (AvgIpc) is 3.94. The van der Waals surface area contributed by atoms with Crippen molar-refractivity contribution in [2.45, 2.75) is 49.7 Å². The minimum Gasteiger partial charge on any atom is -0.506 e. The minimum atomic E-state index is -1.84. The van der Waals surface area contributed by atoms with Gasteiger partial charge in [-0.15, -0.1) is 22.7 Å². The predicted molar refractivity (Wildman–Crippen MR) is 195 cm³/mol. The molecule has 14 heteroatoms. The maximum absolute atomic E-state index is 13.6. The number of aromatic nitrogens is 1. The van der Waals surface area contributed by atoms with Crippen LogP contribution in [0.2, 0.25) is 0 Å². The third-order valence-corrected chi connectivity index (χ3v) is 12.8. The van der Waals surface area contributed by atoms with Crippen molar-refractivity contribution in [1.29, 1.82) is 0 Å². The number of ether oxygens (including phenoxy) is 1. The van der Waals surface area contributed by atoms with Crippen LogP contribution in [0.3, 0.4) is 0 Å². The average molecular weight is 735 g/mol. The quantitative estimate of drug-likeness (QED) is 0.0937. The number of benzene rings is 2. The molecule has 0 spiro atoms. The van der Waals surface area contributed by atoms with E-state index in [-0.39, 0.29) is 47.7 Å². The Morgan fingerprint density at radius 1 is 1.06 bits per heavy atom. The number of aliphatic hydroxyl groups excluding tert-OH is 1. The molecule has 0 radical (unpaired) electrons. The number of nitrogens with zero attached hydrogens (tertiary/aromatic N) is 1. The van der Waals surface area contributed by atoms with Gasteiger partial charge in [0.1, 0.15) is 17.4 Å². The lowest BCUT2D eigenvalue weighted by molar-refractivity contribution is -0.170. The number of fused-ring (bicyclic) bond motifs is 3. The molecule has 50 heavy (non-hydrogen) atoms. The van der Waals surface area contributed by atoms with Gasteiger partial charge in [0.05, 0.1) is 27.1 Å². The van der Waals surface area contributed by atoms with Crippen LogP contribution in [-0.4, -0.2) is 69.4 Å². The van der Waals surface area contributed by atoms with E-state index in [0.717, 1.165) is 29.7 Å². The number of carbonyl (C=O) groups excluding carboxylic acids is 2. The number of esters is 1. The van der Waals surface area contributed by atoms with Crippen LogP contribution in [0.25, 0.3) is 10.2 Å². The second-order valence-corrected chi connectivity index (χ2v) is 15.9. The number of rotatable bonds is 13. The van der Waals surface area contributed by atoms with Gasteiger partial charge in [-0.25, -0.2) is 4.79 Å². The summed E-state index contributed by atoms with van der Waals surface area (Å²) in [5, 5.41) is 42.3. The number of phenolic OH excluding ortho intramolecular Hbond substituents is 1. The topological polar surface area (TPSA) is 164 Å². The second kappa shape index (κ2) is 14.4. The number of aromatic hydroxyl groups is 1. The van der Waals surface area contributed by atoms with Crippen LogP contribution in [0.1, 0.15) is 46.2 Å². The van der Waals surface area contributed by atoms with Crippen molar-refractivity contribution in [2.75, 3.05) is 25.5 Å². The Bertz CT molecular complexity index is 1970. The number of hydrogen-bond acceptors (Lipinski definition) is 12. The molecule has 3 aromatic heterocycles. The standard InChI is InChI=1S/C36H38N4O7S3/c1-40(32-21-8-11-24(32)27(16-21)47-34(44)36(46,28-4-2-14-48-28)29-5-3-15-49-29)19-30(43)38-22-9-6-20(7-10-22)17-37-18-26(42)23-12-13-25(41)31-33(23)50-35(45)39-31/h2-7,9-10,12-15,21,24,26-27,32,37,41-42,46H,8,11,16-19H2,1H3,(H,38,43)(H,39,45)/t21?,24?,26-,27?,32?/m0/s1. The SMILES string of the molecule is CN(CC(=O)Nc1ccc(CNC[C@H](O)c2ccc(O)c3[nH]c(=O)sc23)cc1)C1C2CCC1C(OC(=O)C(O)(c1cccs1)c1cccs1)C2. The van der Waals surface area contributed by atoms with Gasteiger partial charge in [0, 0.05) is 36.3 Å². The number of aliphatic hydroxyl groups is 2. The molecule has 11 nitrogen and oxygen atoms in total. The highest BCUT2D eigenvalue weighted by Gasteiger charge is 2.53. The smallest absolute Gasteiger partial charge is 0.349 e. The summed E-state index contributed by atoms with van der Waals surface area (Å²) in [6.45, 7) is 0.908. The molecule has 2 aliphatic rings. The van der Waals surface area contributed by atoms with Crippen LogP contribution >= 0.6 is 34.0 Å². The number of thiophene rings is 2. The van der Waals surface area contributed by atoms with Gasteiger partial charge in [-0.3, -0.25) is 14.5 Å². The molecule has 6 N–H and O–H groups in total. The summed E-state index contributed by atoms with van der Waals surface area (Å²) >= 11 is 3.60. The first-order chi connectivity index (χ1) is 24.1. The van der Waals surface area contributed by atoms with Gasteiger partial charge in [-0.05, 0) is 78.9 Å². The fourth-order valence-corrected chi connectivity index (χ4v) is 10.2. The molecule has 5 aromatic rings. The van der Waals surface area contributed by atoms with Gasteiger partial charge >= 0.3 is 10.8 Å². The first-order valence-corrected chi connectivity index (χ1v) is 19.0. The molecule has 2 bridgehead atoms. The van der Waals surface area contributed by atoms with E-state index in [2.05, 4.69) is 20.5 Å². The van der Waals surface area contributed by atoms with E-state index < -0.39 is 17.7 Å². The van der Waals surface area contributed by atoms with Crippen LogP contribution in [-0.2, 0) is 26.5 Å². The van der Waals surface area contributed by atoms with Gasteiger partial charge in [-0.2, -0.15) is 0 Å². The van der Waals surface area contributed by atoms with E-state index >= 15 is 0 Å². The normalized spacial score (nSPS) is 20.8. The Labute approximate surface area is 300 Å². The molecule has 0 saturated heterocycles. The van der Waals surface area contributed by atoms with Crippen LogP contribution in [0.4, 0.5) is 5.69 Å². The number of phenols is 1. The molecule has 4 unspecified atom stereocenters. The highest BCUT2D eigenvalue weighted by molar-refractivity contribution is 7.16. The third kappa shape index (κ3) is 6.76. The molecular formula is C36H38N4O7S3. The summed E-state index contributed by atoms with van der Waals surface area (Å²) < 4.78 is 6.63. The van der Waals surface area contributed by atoms with Gasteiger partial charge in [0.25, 0.3) is 0 Å². The Morgan fingerprint density at radius 2 is 1.78 bits per heavy atom. The summed E-state index contributed by atoms with van der Waals surface area (Å²) in [4.78, 5) is 43.9. The summed E-state index contributed by atoms with van der Waals surface area (Å²) in [6, 6.07) is 17.8. The summed E-state index contributed by atoms with van der Waals surface area (Å²) in [7, 11) is 1.94. The number of nitrogens with one attached hydrogen (secondary N) is 3. The highest BCUT2D eigenvalue weighted by Crippen LogP contribution is 2.49. The van der Waals surface area contributed by atoms with Crippen molar-refractivity contribution in [1.82, 2.24) is 15.2 Å². The number of H-pyrrole nitrogens is 1. The van der Waals surface area contributed by atoms with E-state index in [0.29, 0.717) is 50.1 Å². The third-order valence-electron chi connectivity index (χ3n) is 9.87. The fraction of sp³-hybridized carbons (Fsp3) is 0.361. The highest BCUT2D eigenvalue weighted by atomic mass is 32.1. The van der Waals surface area contributed by atoms with Gasteiger partial charge in [0.2, 0.25) is 11.5 Å². The molecule has 2 aromatic carbocycles. The van der Waals surface area contributed by atoms with Gasteiger partial charge in [-0.1, -0.05) is 41.7 Å². The number of amides is 1. The van der Waals surface area contributed by atoms with E-state index in [9.17, 15) is 29.7 Å². The molecule has 2 aliphatic carbocycles. The zero-order valence-corrected chi connectivity index (χ0v) is 29.7. The van der Waals surface area contributed by atoms with Crippen LogP contribution in [0.15, 0.2) is 76.2 Å². The maximum atomic E-state index is 13.6. The Hall–Kier alpha value is -3.89. The molecule has 1 amide bonds. The maximum Gasteiger partial charge on any atom is 0.349 e. The Kier molecular flexibility index (Phi) is 9.94. The van der Waals surface area contributed by atoms with Crippen molar-refractivity contribution in [2.24, 2.45) is 11.8 Å². The number of anilines is 1. The van der Waals surface area contributed by atoms with Crippen molar-refractivity contribution in [3.63, 3.8) is 0 Å². The molecule has 3 heterocycles. The van der Waals surface area contributed by atoms with Crippen LogP contribution in [0, 0.1) is 11.8 Å². The largest absolute Gasteiger partial charge is 0.506 e. The molecule has 2 saturated carbocycles. The summed E-state index contributed by atoms with van der Waals surface area (Å²) in [6.07, 6.45) is 1.41. The number of carbonyl (C=O) groups is 2. The predicted octanol–water partition coefficient (Wildman–Crippen LogP) is 4.76. The molecule has 5 atom stereocenters. The number of thiazole rings is 1. The van der Waals surface area contributed by atoms with Crippen LogP contribution in [0.5, 0.6) is 5.75 Å². The monoisotopic (exact) mass is 734 g/mol. The Balaban J connectivity index is 0.900. The lowest BCUT2D eigenvalue weighted by Crippen LogP contribution is -2.43. The summed E-state index contributed by atoms with van der Waals surface area (Å²) in [5.41, 5.74) is 0.682. The molecular weight excluding hydrogens is 697 g/mol. The van der Waals surface area contributed by atoms with Gasteiger partial charge < -0.3 is 35.7 Å². The first-order valence-electron chi connectivity index (χ1n) is 16.5. The lowest BCUT2D eigenvalue weighted by atomic mass is 9.96. The number of aromatic amines is 1. The zero-order valence-electron chi connectivity index (χ0n) is 27.2. The van der Waals surface area contributed by atoms with E-state index in [1.54, 1.807) is 18.2 Å². The van der Waals surface area contributed by atoms with Gasteiger partial charge in [0.15, 0.2) is 0 Å². The molecule has 2 fully saturated rings. The first kappa shape index (κ1) is 34.6. The fourth-order valence-electron chi connectivity index (χ4n) is 7.57. The lowest BCUT2D eigenvalue weighted by Gasteiger charge is -2.30. The number of likely N-dealkylation sites (N-methyl/N-ethyl adjacent to an activating group) is 1. The Morgan fingerprint density at radius 3 is 2.46 bits per heavy atom.